The monoisotopic (exact) mass is 480 g/mol. The summed E-state index contributed by atoms with van der Waals surface area (Å²) in [5.41, 5.74) is 2.19. The summed E-state index contributed by atoms with van der Waals surface area (Å²) in [6.07, 6.45) is 0.513. The molecular weight excluding hydrogens is 455 g/mol. The molecule has 10 heteroatoms. The second-order valence-electron chi connectivity index (χ2n) is 7.48. The number of hydrogen-bond donors (Lipinski definition) is 4. The molecule has 2 amide bonds. The van der Waals surface area contributed by atoms with Crippen LogP contribution in [0.2, 0.25) is 0 Å². The minimum atomic E-state index is -1.09. The van der Waals surface area contributed by atoms with Gasteiger partial charge in [-0.25, -0.2) is 14.2 Å². The van der Waals surface area contributed by atoms with E-state index in [0.717, 1.165) is 11.1 Å². The lowest BCUT2D eigenvalue weighted by atomic mass is 9.99. The lowest BCUT2D eigenvalue weighted by Crippen LogP contribution is -2.39. The summed E-state index contributed by atoms with van der Waals surface area (Å²) in [7, 11) is 0. The van der Waals surface area contributed by atoms with E-state index in [1.54, 1.807) is 54.7 Å². The van der Waals surface area contributed by atoms with Gasteiger partial charge >= 0.3 is 12.1 Å². The number of anilines is 1. The van der Waals surface area contributed by atoms with Crippen molar-refractivity contribution < 1.29 is 28.6 Å². The molecule has 9 nitrogen and oxygen atoms in total. The fourth-order valence-electron chi connectivity index (χ4n) is 3.22. The van der Waals surface area contributed by atoms with Crippen LogP contribution in [0.15, 0.2) is 72.9 Å². The lowest BCUT2D eigenvalue weighted by molar-refractivity contribution is -0.137. The Morgan fingerprint density at radius 2 is 1.66 bits per heavy atom. The number of carbonyl (C=O) groups excluding carboxylic acids is 2. The van der Waals surface area contributed by atoms with Crippen molar-refractivity contribution in [1.29, 1.82) is 0 Å². The fraction of sp³-hybridized carbons (Fsp3) is 0.200. The van der Waals surface area contributed by atoms with Gasteiger partial charge in [-0.2, -0.15) is 0 Å². The van der Waals surface area contributed by atoms with Gasteiger partial charge in [-0.05, 0) is 41.0 Å². The molecule has 0 fully saturated rings. The third-order valence-electron chi connectivity index (χ3n) is 4.90. The van der Waals surface area contributed by atoms with Crippen molar-refractivity contribution in [3.05, 3.63) is 84.3 Å². The quantitative estimate of drug-likeness (QED) is 0.310. The number of aliphatic carboxylic acids is 1. The fourth-order valence-corrected chi connectivity index (χ4v) is 3.22. The summed E-state index contributed by atoms with van der Waals surface area (Å²) in [4.78, 5) is 39.5. The average molecular weight is 480 g/mol. The third kappa shape index (κ3) is 8.43. The molecular formula is C25H25FN4O5. The van der Waals surface area contributed by atoms with Crippen LogP contribution in [-0.4, -0.2) is 47.8 Å². The van der Waals surface area contributed by atoms with Crippen molar-refractivity contribution in [2.45, 2.75) is 12.5 Å². The number of pyridine rings is 1. The van der Waals surface area contributed by atoms with Gasteiger partial charge in [-0.15, -0.1) is 0 Å². The number of ether oxygens (including phenoxy) is 1. The topological polar surface area (TPSA) is 130 Å². The van der Waals surface area contributed by atoms with E-state index in [2.05, 4.69) is 20.9 Å². The van der Waals surface area contributed by atoms with Gasteiger partial charge in [0.05, 0.1) is 19.0 Å². The van der Waals surface area contributed by atoms with Crippen LogP contribution in [0, 0.1) is 5.82 Å². The highest BCUT2D eigenvalue weighted by molar-refractivity contribution is 5.83. The van der Waals surface area contributed by atoms with Gasteiger partial charge < -0.3 is 25.8 Å². The molecule has 182 valence electrons. The maximum atomic E-state index is 13.1. The van der Waals surface area contributed by atoms with Gasteiger partial charge in [0, 0.05) is 6.20 Å². The lowest BCUT2D eigenvalue weighted by Gasteiger charge is -2.18. The molecule has 0 saturated carbocycles. The van der Waals surface area contributed by atoms with Crippen LogP contribution in [0.25, 0.3) is 11.1 Å². The molecule has 0 aliphatic heterocycles. The number of carboxylic acid groups (broad SMARTS) is 1. The van der Waals surface area contributed by atoms with E-state index in [1.165, 1.54) is 12.1 Å². The first kappa shape index (κ1) is 25.2. The molecule has 3 aromatic rings. The Morgan fingerprint density at radius 1 is 0.971 bits per heavy atom. The third-order valence-corrected chi connectivity index (χ3v) is 4.90. The average Bonchev–Trinajstić information content (AvgIpc) is 2.86. The highest BCUT2D eigenvalue weighted by atomic mass is 19.1. The van der Waals surface area contributed by atoms with Crippen molar-refractivity contribution in [2.24, 2.45) is 0 Å². The zero-order valence-corrected chi connectivity index (χ0v) is 18.7. The number of carboxylic acids is 1. The number of hydrogen-bond acceptors (Lipinski definition) is 6. The molecule has 2 aromatic carbocycles. The van der Waals surface area contributed by atoms with Crippen molar-refractivity contribution >= 4 is 23.8 Å². The molecule has 0 spiro atoms. The first-order valence-electron chi connectivity index (χ1n) is 10.8. The highest BCUT2D eigenvalue weighted by Crippen LogP contribution is 2.24. The van der Waals surface area contributed by atoms with Gasteiger partial charge in [-0.3, -0.25) is 9.59 Å². The first-order valence-corrected chi connectivity index (χ1v) is 10.8. The Bertz CT molecular complexity index is 1120. The molecule has 4 N–H and O–H groups in total. The predicted molar refractivity (Wildman–Crippen MR) is 127 cm³/mol. The van der Waals surface area contributed by atoms with E-state index < -0.39 is 24.0 Å². The van der Waals surface area contributed by atoms with Crippen LogP contribution in [0.3, 0.4) is 0 Å². The minimum absolute atomic E-state index is 0.0616. The zero-order valence-electron chi connectivity index (χ0n) is 18.7. The maximum Gasteiger partial charge on any atom is 0.407 e. The molecule has 1 heterocycles. The second-order valence-corrected chi connectivity index (χ2v) is 7.48. The van der Waals surface area contributed by atoms with E-state index in [4.69, 9.17) is 4.74 Å². The molecule has 3 rings (SSSR count). The standard InChI is InChI=1S/C25H25FN4O5/c26-20-10-8-18(9-11-20)17-4-6-19(7-5-17)21(15-24(32)33)30-23(31)16-29-25(34)35-14-13-28-22-3-1-2-12-27-22/h1-12,21H,13-16H2,(H,27,28)(H,29,34)(H,30,31)(H,32,33). The Labute approximate surface area is 201 Å². The summed E-state index contributed by atoms with van der Waals surface area (Å²) >= 11 is 0. The largest absolute Gasteiger partial charge is 0.481 e. The normalized spacial score (nSPS) is 11.2. The minimum Gasteiger partial charge on any atom is -0.481 e. The van der Waals surface area contributed by atoms with Crippen LogP contribution in [0.4, 0.5) is 15.0 Å². The second kappa shape index (κ2) is 12.7. The first-order chi connectivity index (χ1) is 16.9. The number of carbonyl (C=O) groups is 3. The van der Waals surface area contributed by atoms with Crippen LogP contribution in [0.1, 0.15) is 18.0 Å². The van der Waals surface area contributed by atoms with Gasteiger partial charge in [-0.1, -0.05) is 42.5 Å². The highest BCUT2D eigenvalue weighted by Gasteiger charge is 2.19. The van der Waals surface area contributed by atoms with Crippen LogP contribution in [-0.2, 0) is 14.3 Å². The summed E-state index contributed by atoms with van der Waals surface area (Å²) < 4.78 is 18.1. The Morgan fingerprint density at radius 3 is 2.29 bits per heavy atom. The molecule has 1 atom stereocenters. The Balaban J connectivity index is 1.47. The molecule has 0 radical (unpaired) electrons. The molecule has 1 aromatic heterocycles. The van der Waals surface area contributed by atoms with Crippen molar-refractivity contribution in [3.8, 4) is 11.1 Å². The number of nitrogens with one attached hydrogen (secondary N) is 3. The smallest absolute Gasteiger partial charge is 0.407 e. The van der Waals surface area contributed by atoms with E-state index in [-0.39, 0.29) is 25.4 Å². The van der Waals surface area contributed by atoms with E-state index in [1.807, 2.05) is 6.07 Å². The number of halogens is 1. The van der Waals surface area contributed by atoms with Gasteiger partial charge in [0.25, 0.3) is 0 Å². The maximum absolute atomic E-state index is 13.1. The molecule has 0 bridgehead atoms. The number of alkyl carbamates (subject to hydrolysis) is 1. The molecule has 1 unspecified atom stereocenters. The van der Waals surface area contributed by atoms with E-state index >= 15 is 0 Å². The number of amides is 2. The summed E-state index contributed by atoms with van der Waals surface area (Å²) in [5, 5.41) is 17.2. The summed E-state index contributed by atoms with van der Waals surface area (Å²) in [6.45, 7) is 0.0214. The number of nitrogens with zero attached hydrogens (tertiary/aromatic N) is 1. The zero-order chi connectivity index (χ0) is 25.0. The molecule has 0 saturated heterocycles. The van der Waals surface area contributed by atoms with E-state index in [0.29, 0.717) is 17.9 Å². The van der Waals surface area contributed by atoms with Crippen molar-refractivity contribution in [2.75, 3.05) is 25.0 Å². The molecule has 0 aliphatic carbocycles. The Kier molecular flexibility index (Phi) is 9.12. The summed E-state index contributed by atoms with van der Waals surface area (Å²) in [5.74, 6) is -1.35. The van der Waals surface area contributed by atoms with Crippen LogP contribution < -0.4 is 16.0 Å². The molecule has 0 aliphatic rings. The van der Waals surface area contributed by atoms with Crippen LogP contribution in [0.5, 0.6) is 0 Å². The van der Waals surface area contributed by atoms with Crippen molar-refractivity contribution in [3.63, 3.8) is 0 Å². The summed E-state index contributed by atoms with van der Waals surface area (Å²) in [6, 6.07) is 17.5. The number of benzene rings is 2. The van der Waals surface area contributed by atoms with Crippen LogP contribution >= 0.6 is 0 Å². The van der Waals surface area contributed by atoms with Gasteiger partial charge in [0.1, 0.15) is 24.8 Å². The number of aromatic nitrogens is 1. The number of rotatable bonds is 11. The van der Waals surface area contributed by atoms with Crippen molar-refractivity contribution in [1.82, 2.24) is 15.6 Å². The molecule has 35 heavy (non-hydrogen) atoms. The van der Waals surface area contributed by atoms with E-state index in [9.17, 15) is 23.9 Å². The van der Waals surface area contributed by atoms with Gasteiger partial charge in [0.15, 0.2) is 0 Å². The Hall–Kier alpha value is -4.47. The predicted octanol–water partition coefficient (Wildman–Crippen LogP) is 3.36. The SMILES string of the molecule is O=C(O)CC(NC(=O)CNC(=O)OCCNc1ccccn1)c1ccc(-c2ccc(F)cc2)cc1. The van der Waals surface area contributed by atoms with Gasteiger partial charge in [0.2, 0.25) is 5.91 Å².